The highest BCUT2D eigenvalue weighted by Crippen LogP contribution is 2.15. The summed E-state index contributed by atoms with van der Waals surface area (Å²) in [6.45, 7) is 1.22. The van der Waals surface area contributed by atoms with Gasteiger partial charge >= 0.3 is 0 Å². The highest BCUT2D eigenvalue weighted by molar-refractivity contribution is 7.89. The van der Waals surface area contributed by atoms with Crippen LogP contribution in [0.2, 0.25) is 0 Å². The summed E-state index contributed by atoms with van der Waals surface area (Å²) in [7, 11) is -3.27. The third-order valence-corrected chi connectivity index (χ3v) is 5.47. The number of sulfonamides is 1. The number of rotatable bonds is 5. The first-order chi connectivity index (χ1) is 9.13. The minimum atomic E-state index is -3.27. The molecule has 4 nitrogen and oxygen atoms in total. The summed E-state index contributed by atoms with van der Waals surface area (Å²) in [6.07, 6.45) is 0.523. The molecule has 2 rings (SSSR count). The van der Waals surface area contributed by atoms with Gasteiger partial charge in [-0.05, 0) is 12.0 Å². The van der Waals surface area contributed by atoms with Gasteiger partial charge < -0.3 is 4.74 Å². The zero-order chi connectivity index (χ0) is 13.7. The molecule has 19 heavy (non-hydrogen) atoms. The topological polar surface area (TPSA) is 46.6 Å². The van der Waals surface area contributed by atoms with E-state index < -0.39 is 10.0 Å². The van der Waals surface area contributed by atoms with E-state index >= 15 is 0 Å². The second-order valence-electron chi connectivity index (χ2n) is 4.55. The molecule has 1 heterocycles. The van der Waals surface area contributed by atoms with Crippen LogP contribution in [0.15, 0.2) is 30.3 Å². The van der Waals surface area contributed by atoms with Crippen molar-refractivity contribution in [3.8, 4) is 0 Å². The fourth-order valence-electron chi connectivity index (χ4n) is 2.14. The summed E-state index contributed by atoms with van der Waals surface area (Å²) in [4.78, 5) is 0. The minimum Gasteiger partial charge on any atom is -0.378 e. The molecule has 0 amide bonds. The Hall–Kier alpha value is -0.620. The van der Waals surface area contributed by atoms with Crippen LogP contribution in [0.25, 0.3) is 0 Å². The average Bonchev–Trinajstić information content (AvgIpc) is 2.46. The fourth-order valence-corrected chi connectivity index (χ4v) is 4.14. The zero-order valence-electron chi connectivity index (χ0n) is 10.7. The van der Waals surface area contributed by atoms with Crippen LogP contribution in [-0.4, -0.2) is 50.2 Å². The Morgan fingerprint density at radius 1 is 1.32 bits per heavy atom. The van der Waals surface area contributed by atoms with Crippen molar-refractivity contribution >= 4 is 21.6 Å². The van der Waals surface area contributed by atoms with Crippen LogP contribution in [-0.2, 0) is 21.2 Å². The molecule has 0 aliphatic carbocycles. The van der Waals surface area contributed by atoms with Gasteiger partial charge in [-0.1, -0.05) is 30.3 Å². The molecular weight excluding hydrogens is 286 g/mol. The lowest BCUT2D eigenvalue weighted by molar-refractivity contribution is 0.0405. The number of hydrogen-bond donors (Lipinski definition) is 0. The maximum Gasteiger partial charge on any atom is 0.214 e. The van der Waals surface area contributed by atoms with Crippen molar-refractivity contribution < 1.29 is 13.2 Å². The first-order valence-electron chi connectivity index (χ1n) is 6.30. The van der Waals surface area contributed by atoms with Gasteiger partial charge in [-0.15, -0.1) is 11.6 Å². The van der Waals surface area contributed by atoms with E-state index in [9.17, 15) is 8.42 Å². The molecule has 0 saturated carbocycles. The quantitative estimate of drug-likeness (QED) is 0.775. The van der Waals surface area contributed by atoms with Crippen LogP contribution in [0.4, 0.5) is 0 Å². The van der Waals surface area contributed by atoms with Gasteiger partial charge in [-0.25, -0.2) is 8.42 Å². The van der Waals surface area contributed by atoms with E-state index in [0.717, 1.165) is 5.56 Å². The Labute approximate surface area is 119 Å². The van der Waals surface area contributed by atoms with Crippen molar-refractivity contribution in [2.45, 2.75) is 12.5 Å². The average molecular weight is 304 g/mol. The Morgan fingerprint density at radius 2 is 2.05 bits per heavy atom. The van der Waals surface area contributed by atoms with Crippen molar-refractivity contribution in [2.75, 3.05) is 31.4 Å². The first kappa shape index (κ1) is 14.8. The van der Waals surface area contributed by atoms with Gasteiger partial charge in [0.2, 0.25) is 10.0 Å². The van der Waals surface area contributed by atoms with Gasteiger partial charge in [0.05, 0.1) is 25.0 Å². The molecule has 0 aromatic heterocycles. The number of aryl methyl sites for hydroxylation is 1. The van der Waals surface area contributed by atoms with Crippen LogP contribution in [0.1, 0.15) is 5.56 Å². The normalized spacial score (nSPS) is 21.4. The number of morpholine rings is 1. The van der Waals surface area contributed by atoms with Gasteiger partial charge in [0.15, 0.2) is 0 Å². The number of alkyl halides is 1. The minimum absolute atomic E-state index is 0.115. The van der Waals surface area contributed by atoms with Gasteiger partial charge in [0.25, 0.3) is 0 Å². The lowest BCUT2D eigenvalue weighted by Crippen LogP contribution is -2.50. The van der Waals surface area contributed by atoms with Crippen molar-refractivity contribution in [3.63, 3.8) is 0 Å². The van der Waals surface area contributed by atoms with Crippen LogP contribution in [0.5, 0.6) is 0 Å². The molecule has 1 unspecified atom stereocenters. The number of halogens is 1. The van der Waals surface area contributed by atoms with Gasteiger partial charge in [0.1, 0.15) is 0 Å². The molecule has 106 valence electrons. The fraction of sp³-hybridized carbons (Fsp3) is 0.538. The predicted octanol–water partition coefficient (Wildman–Crippen LogP) is 1.50. The maximum absolute atomic E-state index is 12.3. The highest BCUT2D eigenvalue weighted by atomic mass is 35.5. The van der Waals surface area contributed by atoms with E-state index in [1.165, 1.54) is 4.31 Å². The summed E-state index contributed by atoms with van der Waals surface area (Å²) >= 11 is 5.81. The molecule has 0 spiro atoms. The van der Waals surface area contributed by atoms with Crippen LogP contribution in [0.3, 0.4) is 0 Å². The van der Waals surface area contributed by atoms with Crippen molar-refractivity contribution in [1.82, 2.24) is 4.31 Å². The molecule has 1 fully saturated rings. The lowest BCUT2D eigenvalue weighted by atomic mass is 10.2. The predicted molar refractivity (Wildman–Crippen MR) is 76.0 cm³/mol. The number of nitrogens with zero attached hydrogens (tertiary/aromatic N) is 1. The molecule has 1 aromatic carbocycles. The smallest absolute Gasteiger partial charge is 0.214 e. The molecule has 0 N–H and O–H groups in total. The molecule has 0 bridgehead atoms. The summed E-state index contributed by atoms with van der Waals surface area (Å²) in [5.41, 5.74) is 1.03. The molecule has 1 atom stereocenters. The molecule has 1 aliphatic heterocycles. The van der Waals surface area contributed by atoms with E-state index in [1.807, 2.05) is 30.3 Å². The van der Waals surface area contributed by atoms with Crippen molar-refractivity contribution in [1.29, 1.82) is 0 Å². The standard InChI is InChI=1S/C13H18ClNO3S/c14-10-13-11-18-8-7-15(13)19(16,17)9-6-12-4-2-1-3-5-12/h1-5,13H,6-11H2. The summed E-state index contributed by atoms with van der Waals surface area (Å²) in [5, 5.41) is 0. The number of hydrogen-bond acceptors (Lipinski definition) is 3. The molecule has 6 heteroatoms. The van der Waals surface area contributed by atoms with E-state index in [-0.39, 0.29) is 17.7 Å². The molecule has 1 saturated heterocycles. The Bertz CT molecular complexity index is 492. The van der Waals surface area contributed by atoms with E-state index in [0.29, 0.717) is 26.2 Å². The van der Waals surface area contributed by atoms with E-state index in [2.05, 4.69) is 0 Å². The van der Waals surface area contributed by atoms with Gasteiger partial charge in [-0.2, -0.15) is 4.31 Å². The molecule has 0 radical (unpaired) electrons. The summed E-state index contributed by atoms with van der Waals surface area (Å²) in [5.74, 6) is 0.384. The maximum atomic E-state index is 12.3. The molecule has 1 aliphatic rings. The van der Waals surface area contributed by atoms with Crippen LogP contribution >= 0.6 is 11.6 Å². The van der Waals surface area contributed by atoms with Crippen LogP contribution in [0, 0.1) is 0 Å². The third-order valence-electron chi connectivity index (χ3n) is 3.20. The van der Waals surface area contributed by atoms with E-state index in [4.69, 9.17) is 16.3 Å². The van der Waals surface area contributed by atoms with Gasteiger partial charge in [0, 0.05) is 12.4 Å². The number of ether oxygens (including phenoxy) is 1. The van der Waals surface area contributed by atoms with E-state index in [1.54, 1.807) is 0 Å². The highest BCUT2D eigenvalue weighted by Gasteiger charge is 2.31. The van der Waals surface area contributed by atoms with Crippen LogP contribution < -0.4 is 0 Å². The Morgan fingerprint density at radius 3 is 2.74 bits per heavy atom. The Balaban J connectivity index is 2.01. The second-order valence-corrected chi connectivity index (χ2v) is 6.90. The lowest BCUT2D eigenvalue weighted by Gasteiger charge is -2.33. The van der Waals surface area contributed by atoms with Crippen molar-refractivity contribution in [3.05, 3.63) is 35.9 Å². The SMILES string of the molecule is O=S(=O)(CCc1ccccc1)N1CCOCC1CCl. The second kappa shape index (κ2) is 6.70. The van der Waals surface area contributed by atoms with Gasteiger partial charge in [-0.3, -0.25) is 0 Å². The Kier molecular flexibility index (Phi) is 5.21. The largest absolute Gasteiger partial charge is 0.378 e. The zero-order valence-corrected chi connectivity index (χ0v) is 12.2. The summed E-state index contributed by atoms with van der Waals surface area (Å²) < 4.78 is 31.4. The molecular formula is C13H18ClNO3S. The summed E-state index contributed by atoms with van der Waals surface area (Å²) in [6, 6.07) is 9.39. The molecule has 1 aromatic rings. The number of benzene rings is 1. The first-order valence-corrected chi connectivity index (χ1v) is 8.45. The van der Waals surface area contributed by atoms with Crippen molar-refractivity contribution in [2.24, 2.45) is 0 Å². The monoisotopic (exact) mass is 303 g/mol. The third kappa shape index (κ3) is 3.92.